The van der Waals surface area contributed by atoms with Gasteiger partial charge in [0, 0.05) is 18.3 Å². The molecule has 1 aromatic carbocycles. The molecule has 0 aliphatic rings. The normalized spacial score (nSPS) is 11.0. The molecule has 28 heavy (non-hydrogen) atoms. The number of amides is 1. The number of anilines is 2. The van der Waals surface area contributed by atoms with Crippen LogP contribution >= 0.6 is 0 Å². The molecule has 0 fully saturated rings. The van der Waals surface area contributed by atoms with Crippen molar-refractivity contribution in [1.82, 2.24) is 4.98 Å². The molecule has 2 rings (SSSR count). The highest BCUT2D eigenvalue weighted by Crippen LogP contribution is 2.24. The zero-order valence-corrected chi connectivity index (χ0v) is 17.4. The fraction of sp³-hybridized carbons (Fsp3) is 0.409. The van der Waals surface area contributed by atoms with Gasteiger partial charge in [0.05, 0.1) is 5.56 Å². The van der Waals surface area contributed by atoms with Crippen molar-refractivity contribution in [3.8, 4) is 0 Å². The highest BCUT2D eigenvalue weighted by atomic mass is 16.4. The van der Waals surface area contributed by atoms with E-state index in [0.717, 1.165) is 17.9 Å². The first-order chi connectivity index (χ1) is 13.1. The molecule has 0 radical (unpaired) electrons. The predicted octanol–water partition coefficient (Wildman–Crippen LogP) is 4.70. The van der Waals surface area contributed by atoms with E-state index in [9.17, 15) is 9.59 Å². The number of carboxylic acid groups (broad SMARTS) is 1. The lowest BCUT2D eigenvalue weighted by Crippen LogP contribution is -2.32. The third-order valence-corrected chi connectivity index (χ3v) is 4.71. The number of carbonyl (C=O) groups is 2. The van der Waals surface area contributed by atoms with Crippen molar-refractivity contribution in [3.63, 3.8) is 0 Å². The van der Waals surface area contributed by atoms with Gasteiger partial charge in [0.25, 0.3) is 5.91 Å². The Bertz CT molecular complexity index is 875. The predicted molar refractivity (Wildman–Crippen MR) is 113 cm³/mol. The number of aromatic carboxylic acids is 1. The molecule has 2 N–H and O–H groups in total. The van der Waals surface area contributed by atoms with Crippen molar-refractivity contribution in [2.24, 2.45) is 0 Å². The third-order valence-electron chi connectivity index (χ3n) is 4.71. The van der Waals surface area contributed by atoms with Gasteiger partial charge in [-0.15, -0.1) is 0 Å². The number of aromatic nitrogens is 1. The average Bonchev–Trinajstić information content (AvgIpc) is 2.61. The maximum Gasteiger partial charge on any atom is 0.335 e. The SMILES string of the molecule is CCN(c1cc(C(C)C)cc(C(=O)Nc2ccc(C(=O)O)c(C)c2)n1)C(C)C. The summed E-state index contributed by atoms with van der Waals surface area (Å²) < 4.78 is 0. The van der Waals surface area contributed by atoms with Gasteiger partial charge in [-0.2, -0.15) is 0 Å². The Hall–Kier alpha value is -2.89. The first-order valence-electron chi connectivity index (χ1n) is 9.58. The van der Waals surface area contributed by atoms with E-state index in [4.69, 9.17) is 5.11 Å². The molecule has 1 amide bonds. The van der Waals surface area contributed by atoms with Crippen LogP contribution in [0.1, 0.15) is 72.5 Å². The first-order valence-corrected chi connectivity index (χ1v) is 9.58. The molecule has 1 aromatic heterocycles. The fourth-order valence-electron chi connectivity index (χ4n) is 3.10. The van der Waals surface area contributed by atoms with Crippen LogP contribution in [0.4, 0.5) is 11.5 Å². The van der Waals surface area contributed by atoms with Gasteiger partial charge in [-0.3, -0.25) is 4.79 Å². The average molecular weight is 383 g/mol. The smallest absolute Gasteiger partial charge is 0.335 e. The zero-order valence-electron chi connectivity index (χ0n) is 17.4. The van der Waals surface area contributed by atoms with Crippen molar-refractivity contribution in [2.45, 2.75) is 53.5 Å². The van der Waals surface area contributed by atoms with Crippen LogP contribution in [0.2, 0.25) is 0 Å². The van der Waals surface area contributed by atoms with Gasteiger partial charge in [-0.1, -0.05) is 13.8 Å². The number of rotatable bonds is 7. The van der Waals surface area contributed by atoms with E-state index < -0.39 is 5.97 Å². The molecule has 0 spiro atoms. The number of nitrogens with one attached hydrogen (secondary N) is 1. The van der Waals surface area contributed by atoms with E-state index >= 15 is 0 Å². The summed E-state index contributed by atoms with van der Waals surface area (Å²) in [5.41, 5.74) is 2.75. The second-order valence-electron chi connectivity index (χ2n) is 7.47. The van der Waals surface area contributed by atoms with Crippen LogP contribution in [0.3, 0.4) is 0 Å². The minimum Gasteiger partial charge on any atom is -0.478 e. The maximum absolute atomic E-state index is 12.8. The van der Waals surface area contributed by atoms with E-state index in [2.05, 4.69) is 49.8 Å². The van der Waals surface area contributed by atoms with Gasteiger partial charge in [0.2, 0.25) is 0 Å². The highest BCUT2D eigenvalue weighted by molar-refractivity contribution is 6.03. The Morgan fingerprint density at radius 2 is 1.82 bits per heavy atom. The summed E-state index contributed by atoms with van der Waals surface area (Å²) in [7, 11) is 0. The van der Waals surface area contributed by atoms with E-state index in [0.29, 0.717) is 16.9 Å². The molecule has 6 nitrogen and oxygen atoms in total. The monoisotopic (exact) mass is 383 g/mol. The standard InChI is InChI=1S/C22H29N3O3/c1-7-25(14(4)5)20-12-16(13(2)3)11-19(24-20)21(26)23-17-8-9-18(22(27)28)15(6)10-17/h8-14H,7H2,1-6H3,(H,23,26)(H,27,28). The molecular weight excluding hydrogens is 354 g/mol. The second-order valence-corrected chi connectivity index (χ2v) is 7.47. The Labute approximate surface area is 166 Å². The van der Waals surface area contributed by atoms with Crippen molar-refractivity contribution in [1.29, 1.82) is 0 Å². The zero-order chi connectivity index (χ0) is 21.0. The molecule has 150 valence electrons. The number of aryl methyl sites for hydroxylation is 1. The van der Waals surface area contributed by atoms with Crippen LogP contribution in [-0.4, -0.2) is 34.6 Å². The van der Waals surface area contributed by atoms with Gasteiger partial charge >= 0.3 is 5.97 Å². The number of pyridine rings is 1. The van der Waals surface area contributed by atoms with Gasteiger partial charge in [0.1, 0.15) is 11.5 Å². The van der Waals surface area contributed by atoms with E-state index in [1.165, 1.54) is 6.07 Å². The number of hydrogen-bond acceptors (Lipinski definition) is 4. The number of carboxylic acids is 1. The Morgan fingerprint density at radius 1 is 1.14 bits per heavy atom. The van der Waals surface area contributed by atoms with E-state index in [-0.39, 0.29) is 23.4 Å². The van der Waals surface area contributed by atoms with Crippen LogP contribution in [0.5, 0.6) is 0 Å². The molecule has 6 heteroatoms. The molecule has 0 aliphatic heterocycles. The molecule has 1 heterocycles. The molecule has 0 saturated heterocycles. The summed E-state index contributed by atoms with van der Waals surface area (Å²) >= 11 is 0. The number of hydrogen-bond donors (Lipinski definition) is 2. The van der Waals surface area contributed by atoms with Crippen LogP contribution in [0, 0.1) is 6.92 Å². The summed E-state index contributed by atoms with van der Waals surface area (Å²) in [6.07, 6.45) is 0. The molecule has 0 atom stereocenters. The van der Waals surface area contributed by atoms with Crippen molar-refractivity contribution in [2.75, 3.05) is 16.8 Å². The van der Waals surface area contributed by atoms with Crippen molar-refractivity contribution < 1.29 is 14.7 Å². The minimum atomic E-state index is -0.986. The van der Waals surface area contributed by atoms with Crippen molar-refractivity contribution in [3.05, 3.63) is 52.7 Å². The summed E-state index contributed by atoms with van der Waals surface area (Å²) in [5, 5.41) is 12.0. The Morgan fingerprint density at radius 3 is 2.32 bits per heavy atom. The molecule has 0 bridgehead atoms. The van der Waals surface area contributed by atoms with Crippen LogP contribution in [0.15, 0.2) is 30.3 Å². The lowest BCUT2D eigenvalue weighted by atomic mass is 10.0. The van der Waals surface area contributed by atoms with Crippen molar-refractivity contribution >= 4 is 23.4 Å². The summed E-state index contributed by atoms with van der Waals surface area (Å²) in [4.78, 5) is 30.7. The van der Waals surface area contributed by atoms with Crippen LogP contribution in [0.25, 0.3) is 0 Å². The molecule has 0 aliphatic carbocycles. The Kier molecular flexibility index (Phi) is 6.78. The maximum atomic E-state index is 12.8. The van der Waals surface area contributed by atoms with E-state index in [1.54, 1.807) is 19.1 Å². The van der Waals surface area contributed by atoms with Gasteiger partial charge in [-0.05, 0) is 75.1 Å². The van der Waals surface area contributed by atoms with Gasteiger partial charge < -0.3 is 15.3 Å². The lowest BCUT2D eigenvalue weighted by molar-refractivity contribution is 0.0696. The third kappa shape index (κ3) is 4.88. The topological polar surface area (TPSA) is 82.5 Å². The van der Waals surface area contributed by atoms with Gasteiger partial charge in [-0.25, -0.2) is 9.78 Å². The molecule has 2 aromatic rings. The first kappa shape index (κ1) is 21.4. The van der Waals surface area contributed by atoms with Gasteiger partial charge in [0.15, 0.2) is 0 Å². The molecule has 0 unspecified atom stereocenters. The quantitative estimate of drug-likeness (QED) is 0.724. The molecular formula is C22H29N3O3. The fourth-order valence-corrected chi connectivity index (χ4v) is 3.10. The minimum absolute atomic E-state index is 0.218. The molecule has 0 saturated carbocycles. The summed E-state index contributed by atoms with van der Waals surface area (Å²) in [5.74, 6) is -0.256. The lowest BCUT2D eigenvalue weighted by Gasteiger charge is -2.27. The summed E-state index contributed by atoms with van der Waals surface area (Å²) in [6, 6.07) is 8.86. The number of carbonyl (C=O) groups excluding carboxylic acids is 1. The van der Waals surface area contributed by atoms with Crippen LogP contribution in [-0.2, 0) is 0 Å². The largest absolute Gasteiger partial charge is 0.478 e. The summed E-state index contributed by atoms with van der Waals surface area (Å²) in [6.45, 7) is 12.9. The van der Waals surface area contributed by atoms with E-state index in [1.807, 2.05) is 12.1 Å². The Balaban J connectivity index is 2.37. The highest BCUT2D eigenvalue weighted by Gasteiger charge is 2.17. The van der Waals surface area contributed by atoms with Crippen LogP contribution < -0.4 is 10.2 Å². The second kappa shape index (κ2) is 8.87. The number of benzene rings is 1. The number of nitrogens with zero attached hydrogens (tertiary/aromatic N) is 2.